The largest absolute Gasteiger partial charge is 0.465 e. The van der Waals surface area contributed by atoms with Gasteiger partial charge in [-0.3, -0.25) is 14.4 Å². The third-order valence-corrected chi connectivity index (χ3v) is 5.15. The molecular weight excluding hydrogens is 495 g/mol. The molecule has 0 radical (unpaired) electrons. The Morgan fingerprint density at radius 1 is 0.765 bits per heavy atom. The number of esters is 3. The summed E-state index contributed by atoms with van der Waals surface area (Å²) < 4.78 is 128. The van der Waals surface area contributed by atoms with E-state index >= 15 is 0 Å². The molecule has 0 saturated heterocycles. The fraction of sp³-hybridized carbons (Fsp3) is 0.842. The van der Waals surface area contributed by atoms with Gasteiger partial charge in [-0.2, -0.15) is 39.5 Å². The normalized spacial score (nSPS) is 14.4. The number of hydrogen-bond acceptors (Lipinski definition) is 6. The van der Waals surface area contributed by atoms with Crippen LogP contribution in [0.25, 0.3) is 0 Å². The summed E-state index contributed by atoms with van der Waals surface area (Å²) in [4.78, 5) is 34.9. The molecule has 0 aromatic heterocycles. The highest BCUT2D eigenvalue weighted by molar-refractivity contribution is 5.91. The summed E-state index contributed by atoms with van der Waals surface area (Å²) in [5.74, 6) is -24.0. The van der Waals surface area contributed by atoms with E-state index in [0.29, 0.717) is 12.8 Å². The average molecular weight is 520 g/mol. The summed E-state index contributed by atoms with van der Waals surface area (Å²) in [6.45, 7) is 4.59. The lowest BCUT2D eigenvalue weighted by Crippen LogP contribution is -2.61. The first-order valence-corrected chi connectivity index (χ1v) is 9.86. The standard InChI is InChI=1S/C19H25F9O6/c1-5-11(15(3,4)6-2)14(31)34-10-33-13(30)9-12(29)32-8-7-16(20,21)17(22,23)18(24,25)19(26,27)28/h11H,5-10H2,1-4H3. The second-order valence-electron chi connectivity index (χ2n) is 7.90. The highest BCUT2D eigenvalue weighted by atomic mass is 19.4. The summed E-state index contributed by atoms with van der Waals surface area (Å²) >= 11 is 0. The Labute approximate surface area is 189 Å². The zero-order chi connectivity index (χ0) is 27.2. The van der Waals surface area contributed by atoms with Crippen molar-refractivity contribution in [3.05, 3.63) is 0 Å². The number of hydrogen-bond donors (Lipinski definition) is 0. The van der Waals surface area contributed by atoms with Crippen LogP contribution >= 0.6 is 0 Å². The molecule has 0 aromatic rings. The van der Waals surface area contributed by atoms with Crippen LogP contribution in [0.5, 0.6) is 0 Å². The van der Waals surface area contributed by atoms with Crippen LogP contribution in [-0.2, 0) is 28.6 Å². The Hall–Kier alpha value is -2.22. The van der Waals surface area contributed by atoms with Crippen molar-refractivity contribution in [3.63, 3.8) is 0 Å². The molecule has 0 heterocycles. The van der Waals surface area contributed by atoms with Gasteiger partial charge in [-0.05, 0) is 11.8 Å². The van der Waals surface area contributed by atoms with Crippen LogP contribution in [0.1, 0.15) is 53.4 Å². The van der Waals surface area contributed by atoms with E-state index < -0.39 is 79.4 Å². The molecule has 0 rings (SSSR count). The Morgan fingerprint density at radius 2 is 1.26 bits per heavy atom. The molecule has 0 bridgehead atoms. The number of carbonyl (C=O) groups is 3. The highest BCUT2D eigenvalue weighted by Crippen LogP contribution is 2.53. The molecule has 0 aliphatic heterocycles. The quantitative estimate of drug-likeness (QED) is 0.142. The molecule has 0 aromatic carbocycles. The smallest absolute Gasteiger partial charge is 0.460 e. The van der Waals surface area contributed by atoms with Gasteiger partial charge < -0.3 is 14.2 Å². The van der Waals surface area contributed by atoms with E-state index in [4.69, 9.17) is 4.74 Å². The minimum absolute atomic E-state index is 0.415. The monoisotopic (exact) mass is 520 g/mol. The minimum Gasteiger partial charge on any atom is -0.465 e. The third-order valence-electron chi connectivity index (χ3n) is 5.15. The van der Waals surface area contributed by atoms with E-state index in [1.54, 1.807) is 6.92 Å². The van der Waals surface area contributed by atoms with Gasteiger partial charge in [0.05, 0.1) is 18.9 Å². The first kappa shape index (κ1) is 31.8. The maximum Gasteiger partial charge on any atom is 0.460 e. The van der Waals surface area contributed by atoms with Gasteiger partial charge in [0.1, 0.15) is 6.42 Å². The second kappa shape index (κ2) is 11.5. The van der Waals surface area contributed by atoms with Gasteiger partial charge in [-0.25, -0.2) is 0 Å². The van der Waals surface area contributed by atoms with Crippen LogP contribution in [0.15, 0.2) is 0 Å². The molecule has 0 aliphatic carbocycles. The van der Waals surface area contributed by atoms with Crippen LogP contribution in [0.4, 0.5) is 39.5 Å². The average Bonchev–Trinajstić information content (AvgIpc) is 2.66. The molecule has 0 amide bonds. The zero-order valence-electron chi connectivity index (χ0n) is 18.7. The van der Waals surface area contributed by atoms with Gasteiger partial charge in [-0.15, -0.1) is 0 Å². The van der Waals surface area contributed by atoms with Crippen molar-refractivity contribution in [2.24, 2.45) is 11.3 Å². The summed E-state index contributed by atoms with van der Waals surface area (Å²) in [6.07, 6.45) is -9.58. The van der Waals surface area contributed by atoms with Crippen molar-refractivity contribution in [1.82, 2.24) is 0 Å². The first-order chi connectivity index (χ1) is 15.2. The maximum absolute atomic E-state index is 13.3. The highest BCUT2D eigenvalue weighted by Gasteiger charge is 2.81. The predicted molar refractivity (Wildman–Crippen MR) is 96.0 cm³/mol. The second-order valence-corrected chi connectivity index (χ2v) is 7.90. The Bertz CT molecular complexity index is 720. The fourth-order valence-electron chi connectivity index (χ4n) is 2.62. The molecule has 0 fully saturated rings. The van der Waals surface area contributed by atoms with E-state index in [1.807, 2.05) is 20.8 Å². The van der Waals surface area contributed by atoms with Crippen LogP contribution in [0.2, 0.25) is 0 Å². The van der Waals surface area contributed by atoms with E-state index in [0.717, 1.165) is 0 Å². The lowest BCUT2D eigenvalue weighted by Gasteiger charge is -2.33. The van der Waals surface area contributed by atoms with Gasteiger partial charge in [0, 0.05) is 0 Å². The molecular formula is C19H25F9O6. The molecule has 0 spiro atoms. The van der Waals surface area contributed by atoms with Crippen LogP contribution in [0, 0.1) is 11.3 Å². The molecule has 15 heteroatoms. The Morgan fingerprint density at radius 3 is 1.71 bits per heavy atom. The van der Waals surface area contributed by atoms with Crippen molar-refractivity contribution in [3.8, 4) is 0 Å². The van der Waals surface area contributed by atoms with Gasteiger partial charge in [0.25, 0.3) is 0 Å². The predicted octanol–water partition coefficient (Wildman–Crippen LogP) is 5.28. The Balaban J connectivity index is 4.65. The number of carbonyl (C=O) groups excluding carboxylic acids is 3. The van der Waals surface area contributed by atoms with E-state index in [9.17, 15) is 53.9 Å². The SMILES string of the molecule is CCC(C(=O)OCOC(=O)CC(=O)OCCC(F)(F)C(F)(F)C(F)(F)C(F)(F)F)C(C)(C)CC. The van der Waals surface area contributed by atoms with Gasteiger partial charge in [0.2, 0.25) is 6.79 Å². The van der Waals surface area contributed by atoms with Crippen molar-refractivity contribution in [2.45, 2.75) is 77.3 Å². The van der Waals surface area contributed by atoms with Crippen molar-refractivity contribution >= 4 is 17.9 Å². The first-order valence-electron chi connectivity index (χ1n) is 9.86. The number of rotatable bonds is 13. The maximum atomic E-state index is 13.3. The molecule has 200 valence electrons. The van der Waals surface area contributed by atoms with Crippen LogP contribution in [-0.4, -0.2) is 55.3 Å². The fourth-order valence-corrected chi connectivity index (χ4v) is 2.62. The summed E-state index contributed by atoms with van der Waals surface area (Å²) in [5, 5.41) is 0. The van der Waals surface area contributed by atoms with E-state index in [2.05, 4.69) is 9.47 Å². The molecule has 34 heavy (non-hydrogen) atoms. The zero-order valence-corrected chi connectivity index (χ0v) is 18.7. The topological polar surface area (TPSA) is 78.9 Å². The summed E-state index contributed by atoms with van der Waals surface area (Å²) in [6, 6.07) is 0. The van der Waals surface area contributed by atoms with Crippen molar-refractivity contribution < 1.29 is 68.1 Å². The molecule has 0 N–H and O–H groups in total. The van der Waals surface area contributed by atoms with Gasteiger partial charge in [0.15, 0.2) is 0 Å². The van der Waals surface area contributed by atoms with Gasteiger partial charge in [-0.1, -0.05) is 34.1 Å². The van der Waals surface area contributed by atoms with Crippen molar-refractivity contribution in [1.29, 1.82) is 0 Å². The lowest BCUT2D eigenvalue weighted by atomic mass is 9.75. The number of ether oxygens (including phenoxy) is 3. The molecule has 6 nitrogen and oxygen atoms in total. The molecule has 0 saturated carbocycles. The Kier molecular flexibility index (Phi) is 10.7. The molecule has 0 aliphatic rings. The molecule has 1 atom stereocenters. The van der Waals surface area contributed by atoms with Crippen molar-refractivity contribution in [2.75, 3.05) is 13.4 Å². The van der Waals surface area contributed by atoms with Crippen LogP contribution in [0.3, 0.4) is 0 Å². The van der Waals surface area contributed by atoms with E-state index in [1.165, 1.54) is 0 Å². The number of alkyl halides is 9. The van der Waals surface area contributed by atoms with Crippen LogP contribution < -0.4 is 0 Å². The van der Waals surface area contributed by atoms with Gasteiger partial charge >= 0.3 is 41.9 Å². The summed E-state index contributed by atoms with van der Waals surface area (Å²) in [7, 11) is 0. The number of halogens is 9. The summed E-state index contributed by atoms with van der Waals surface area (Å²) in [5.41, 5.74) is -0.428. The third kappa shape index (κ3) is 7.65. The van der Waals surface area contributed by atoms with E-state index in [-0.39, 0.29) is 0 Å². The lowest BCUT2D eigenvalue weighted by molar-refractivity contribution is -0.397. The minimum atomic E-state index is -7.06. The molecule has 1 unspecified atom stereocenters.